The van der Waals surface area contributed by atoms with Crippen LogP contribution in [-0.2, 0) is 13.0 Å². The number of benzene rings is 2. The van der Waals surface area contributed by atoms with E-state index in [1.807, 2.05) is 54.4 Å². The van der Waals surface area contributed by atoms with Gasteiger partial charge in [-0.05, 0) is 36.1 Å². The predicted octanol–water partition coefficient (Wildman–Crippen LogP) is 3.24. The van der Waals surface area contributed by atoms with Crippen LogP contribution >= 0.6 is 0 Å². The van der Waals surface area contributed by atoms with Crippen LogP contribution in [-0.4, -0.2) is 23.9 Å². The summed E-state index contributed by atoms with van der Waals surface area (Å²) in [6.45, 7) is 2.62. The largest absolute Gasteiger partial charge is 0.338 e. The fourth-order valence-corrected chi connectivity index (χ4v) is 2.59. The van der Waals surface area contributed by atoms with Crippen molar-refractivity contribution in [2.75, 3.05) is 7.05 Å². The first-order valence-electron chi connectivity index (χ1n) is 7.75. The Hall–Kier alpha value is -2.13. The minimum atomic E-state index is 0.0614. The Kier molecular flexibility index (Phi) is 5.73. The Morgan fingerprint density at radius 3 is 2.23 bits per heavy atom. The van der Waals surface area contributed by atoms with Crippen molar-refractivity contribution >= 4 is 5.91 Å². The summed E-state index contributed by atoms with van der Waals surface area (Å²) in [4.78, 5) is 14.5. The third kappa shape index (κ3) is 3.95. The molecule has 0 aliphatic rings. The van der Waals surface area contributed by atoms with Gasteiger partial charge in [-0.15, -0.1) is 0 Å². The van der Waals surface area contributed by atoms with E-state index in [-0.39, 0.29) is 11.9 Å². The van der Waals surface area contributed by atoms with Crippen molar-refractivity contribution < 1.29 is 4.79 Å². The Bertz CT molecular complexity index is 593. The van der Waals surface area contributed by atoms with Crippen LogP contribution in [0.25, 0.3) is 0 Å². The van der Waals surface area contributed by atoms with Crippen molar-refractivity contribution in [3.63, 3.8) is 0 Å². The van der Waals surface area contributed by atoms with Crippen molar-refractivity contribution in [1.29, 1.82) is 0 Å². The molecule has 116 valence electrons. The molecule has 1 atom stereocenters. The maximum absolute atomic E-state index is 12.6. The highest BCUT2D eigenvalue weighted by molar-refractivity contribution is 5.94. The molecule has 0 bridgehead atoms. The van der Waals surface area contributed by atoms with Crippen molar-refractivity contribution in [3.8, 4) is 0 Å². The van der Waals surface area contributed by atoms with Crippen molar-refractivity contribution in [2.45, 2.75) is 32.4 Å². The molecular formula is C19H24N2O. The number of hydrogen-bond acceptors (Lipinski definition) is 2. The first-order valence-corrected chi connectivity index (χ1v) is 7.75. The molecule has 0 saturated heterocycles. The van der Waals surface area contributed by atoms with Gasteiger partial charge >= 0.3 is 0 Å². The lowest BCUT2D eigenvalue weighted by atomic mass is 10.0. The molecule has 0 saturated carbocycles. The van der Waals surface area contributed by atoms with Crippen LogP contribution in [0.3, 0.4) is 0 Å². The highest BCUT2D eigenvalue weighted by atomic mass is 16.2. The summed E-state index contributed by atoms with van der Waals surface area (Å²) in [7, 11) is 1.89. The number of nitrogens with zero attached hydrogens (tertiary/aromatic N) is 1. The highest BCUT2D eigenvalue weighted by Crippen LogP contribution is 2.14. The van der Waals surface area contributed by atoms with Crippen LogP contribution in [0.2, 0.25) is 0 Å². The van der Waals surface area contributed by atoms with Gasteiger partial charge in [0.2, 0.25) is 0 Å². The van der Waals surface area contributed by atoms with E-state index in [4.69, 9.17) is 5.73 Å². The average Bonchev–Trinajstić information content (AvgIpc) is 2.59. The van der Waals surface area contributed by atoms with Gasteiger partial charge in [-0.25, -0.2) is 0 Å². The summed E-state index contributed by atoms with van der Waals surface area (Å²) in [5.41, 5.74) is 8.60. The normalized spacial score (nSPS) is 12.0. The smallest absolute Gasteiger partial charge is 0.253 e. The number of carbonyl (C=O) groups is 1. The zero-order chi connectivity index (χ0) is 15.9. The van der Waals surface area contributed by atoms with E-state index < -0.39 is 0 Å². The number of nitrogens with two attached hydrogens (primary N) is 1. The van der Waals surface area contributed by atoms with E-state index in [0.29, 0.717) is 12.1 Å². The molecular weight excluding hydrogens is 272 g/mol. The van der Waals surface area contributed by atoms with Crippen LogP contribution < -0.4 is 5.73 Å². The fraction of sp³-hybridized carbons (Fsp3) is 0.316. The summed E-state index contributed by atoms with van der Waals surface area (Å²) in [5.74, 6) is 0.0614. The molecule has 3 heteroatoms. The first-order chi connectivity index (χ1) is 10.7. The maximum atomic E-state index is 12.6. The Morgan fingerprint density at radius 1 is 1.05 bits per heavy atom. The lowest BCUT2D eigenvalue weighted by molar-refractivity contribution is 0.0727. The van der Waals surface area contributed by atoms with Crippen molar-refractivity contribution in [1.82, 2.24) is 4.90 Å². The SMILES string of the molecule is CCC(Cc1ccccc1)N(C)C(=O)c1ccc(CN)cc1. The van der Waals surface area contributed by atoms with Crippen molar-refractivity contribution in [3.05, 3.63) is 71.3 Å². The summed E-state index contributed by atoms with van der Waals surface area (Å²) >= 11 is 0. The van der Waals surface area contributed by atoms with E-state index in [1.54, 1.807) is 0 Å². The van der Waals surface area contributed by atoms with Gasteiger partial charge in [-0.1, -0.05) is 49.4 Å². The zero-order valence-corrected chi connectivity index (χ0v) is 13.3. The summed E-state index contributed by atoms with van der Waals surface area (Å²) in [6, 6.07) is 18.0. The molecule has 0 radical (unpaired) electrons. The summed E-state index contributed by atoms with van der Waals surface area (Å²) in [5, 5.41) is 0. The third-order valence-electron chi connectivity index (χ3n) is 4.09. The number of amides is 1. The molecule has 0 aliphatic carbocycles. The van der Waals surface area contributed by atoms with Gasteiger partial charge in [0.25, 0.3) is 5.91 Å². The molecule has 0 aliphatic heterocycles. The second-order valence-electron chi connectivity index (χ2n) is 5.57. The molecule has 0 spiro atoms. The van der Waals surface area contributed by atoms with Crippen LogP contribution in [0.4, 0.5) is 0 Å². The molecule has 0 heterocycles. The maximum Gasteiger partial charge on any atom is 0.253 e. The van der Waals surface area contributed by atoms with Crippen LogP contribution in [0, 0.1) is 0 Å². The quantitative estimate of drug-likeness (QED) is 0.889. The molecule has 2 rings (SSSR count). The topological polar surface area (TPSA) is 46.3 Å². The second kappa shape index (κ2) is 7.76. The fourth-order valence-electron chi connectivity index (χ4n) is 2.59. The van der Waals surface area contributed by atoms with E-state index in [1.165, 1.54) is 5.56 Å². The Balaban J connectivity index is 2.09. The Labute approximate surface area is 132 Å². The molecule has 1 unspecified atom stereocenters. The summed E-state index contributed by atoms with van der Waals surface area (Å²) < 4.78 is 0. The zero-order valence-electron chi connectivity index (χ0n) is 13.3. The summed E-state index contributed by atoms with van der Waals surface area (Å²) in [6.07, 6.45) is 1.80. The average molecular weight is 296 g/mol. The Morgan fingerprint density at radius 2 is 1.68 bits per heavy atom. The van der Waals surface area contributed by atoms with Crippen LogP contribution in [0.1, 0.15) is 34.8 Å². The number of hydrogen-bond donors (Lipinski definition) is 1. The van der Waals surface area contributed by atoms with E-state index in [2.05, 4.69) is 19.1 Å². The van der Waals surface area contributed by atoms with Gasteiger partial charge < -0.3 is 10.6 Å². The molecule has 1 amide bonds. The minimum absolute atomic E-state index is 0.0614. The molecule has 2 aromatic rings. The number of carbonyl (C=O) groups excluding carboxylic acids is 1. The highest BCUT2D eigenvalue weighted by Gasteiger charge is 2.20. The first kappa shape index (κ1) is 16.2. The van der Waals surface area contributed by atoms with E-state index >= 15 is 0 Å². The number of likely N-dealkylation sites (N-methyl/N-ethyl adjacent to an activating group) is 1. The van der Waals surface area contributed by atoms with E-state index in [0.717, 1.165) is 18.4 Å². The van der Waals surface area contributed by atoms with Gasteiger partial charge in [0.1, 0.15) is 0 Å². The van der Waals surface area contributed by atoms with Crippen LogP contribution in [0.5, 0.6) is 0 Å². The van der Waals surface area contributed by atoms with Gasteiger partial charge in [0, 0.05) is 25.2 Å². The minimum Gasteiger partial charge on any atom is -0.338 e. The van der Waals surface area contributed by atoms with Gasteiger partial charge in [0.15, 0.2) is 0 Å². The molecule has 2 aromatic carbocycles. The lowest BCUT2D eigenvalue weighted by Gasteiger charge is -2.27. The van der Waals surface area contributed by atoms with Gasteiger partial charge in [0.05, 0.1) is 0 Å². The molecule has 0 aromatic heterocycles. The van der Waals surface area contributed by atoms with Crippen LogP contribution in [0.15, 0.2) is 54.6 Å². The van der Waals surface area contributed by atoms with E-state index in [9.17, 15) is 4.79 Å². The number of rotatable bonds is 6. The molecule has 22 heavy (non-hydrogen) atoms. The molecule has 3 nitrogen and oxygen atoms in total. The molecule has 0 fully saturated rings. The van der Waals surface area contributed by atoms with Gasteiger partial charge in [-0.2, -0.15) is 0 Å². The van der Waals surface area contributed by atoms with Crippen molar-refractivity contribution in [2.24, 2.45) is 5.73 Å². The third-order valence-corrected chi connectivity index (χ3v) is 4.09. The standard InChI is InChI=1S/C19H24N2O/c1-3-18(13-15-7-5-4-6-8-15)21(2)19(22)17-11-9-16(14-20)10-12-17/h4-12,18H,3,13-14,20H2,1-2H3. The second-order valence-corrected chi connectivity index (χ2v) is 5.57. The monoisotopic (exact) mass is 296 g/mol. The lowest BCUT2D eigenvalue weighted by Crippen LogP contribution is -2.38. The van der Waals surface area contributed by atoms with Gasteiger partial charge in [-0.3, -0.25) is 4.79 Å². The predicted molar refractivity (Wildman–Crippen MR) is 90.7 cm³/mol. The molecule has 2 N–H and O–H groups in total.